The molecule has 0 radical (unpaired) electrons. The second-order valence-corrected chi connectivity index (χ2v) is 6.57. The van der Waals surface area contributed by atoms with Gasteiger partial charge in [0, 0.05) is 12.3 Å². The van der Waals surface area contributed by atoms with E-state index in [1.54, 1.807) is 42.4 Å². The first kappa shape index (κ1) is 19.3. The summed E-state index contributed by atoms with van der Waals surface area (Å²) in [6.07, 6.45) is 3.25. The molecular formula is C22H21N5O3. The number of amides is 1. The van der Waals surface area contributed by atoms with Crippen LogP contribution < -0.4 is 15.4 Å². The number of aryl methyl sites for hydroxylation is 1. The minimum atomic E-state index is -0.308. The van der Waals surface area contributed by atoms with Crippen LogP contribution in [0.15, 0.2) is 71.4 Å². The highest BCUT2D eigenvalue weighted by molar-refractivity contribution is 6.07. The van der Waals surface area contributed by atoms with Crippen molar-refractivity contribution in [3.8, 4) is 5.75 Å². The first-order valence-corrected chi connectivity index (χ1v) is 9.37. The van der Waals surface area contributed by atoms with E-state index < -0.39 is 0 Å². The number of anilines is 3. The summed E-state index contributed by atoms with van der Waals surface area (Å²) in [7, 11) is 1.59. The van der Waals surface area contributed by atoms with E-state index in [2.05, 4.69) is 20.7 Å². The number of nitrogens with one attached hydrogen (secondary N) is 2. The number of nitrogens with zero attached hydrogens (tertiary/aromatic N) is 3. The molecule has 8 nitrogen and oxygen atoms in total. The second kappa shape index (κ2) is 8.52. The highest BCUT2D eigenvalue weighted by Gasteiger charge is 2.16. The van der Waals surface area contributed by atoms with Crippen molar-refractivity contribution in [2.75, 3.05) is 17.7 Å². The Labute approximate surface area is 173 Å². The Bertz CT molecular complexity index is 1160. The molecule has 0 saturated carbocycles. The maximum absolute atomic E-state index is 13.0. The molecule has 4 aromatic rings. The van der Waals surface area contributed by atoms with Gasteiger partial charge in [0.15, 0.2) is 0 Å². The summed E-state index contributed by atoms with van der Waals surface area (Å²) in [6.45, 7) is 2.30. The van der Waals surface area contributed by atoms with Crippen molar-refractivity contribution in [1.82, 2.24) is 14.8 Å². The Kier molecular flexibility index (Phi) is 5.47. The molecular weight excluding hydrogens is 382 g/mol. The van der Waals surface area contributed by atoms with Gasteiger partial charge in [-0.05, 0) is 43.3 Å². The monoisotopic (exact) mass is 403 g/mol. The number of furan rings is 1. The lowest BCUT2D eigenvalue weighted by atomic mass is 10.2. The molecule has 0 unspecified atom stereocenters. The number of aromatic nitrogens is 3. The van der Waals surface area contributed by atoms with E-state index in [0.717, 1.165) is 11.5 Å². The van der Waals surface area contributed by atoms with E-state index >= 15 is 0 Å². The number of rotatable bonds is 7. The first-order valence-electron chi connectivity index (χ1n) is 9.37. The number of methoxy groups -OCH3 is 1. The first-order chi connectivity index (χ1) is 14.6. The summed E-state index contributed by atoms with van der Waals surface area (Å²) in [6, 6.07) is 16.4. The SMILES string of the molecule is COc1ccccc1Nc1ncccc1C(=O)Nc1ccnn1Cc1ccc(C)o1. The van der Waals surface area contributed by atoms with Crippen LogP contribution in [0.25, 0.3) is 0 Å². The highest BCUT2D eigenvalue weighted by Crippen LogP contribution is 2.28. The number of pyridine rings is 1. The van der Waals surface area contributed by atoms with Crippen LogP contribution in [-0.2, 0) is 6.54 Å². The molecule has 152 valence electrons. The van der Waals surface area contributed by atoms with Gasteiger partial charge in [-0.2, -0.15) is 5.10 Å². The maximum Gasteiger partial charge on any atom is 0.260 e. The molecule has 0 spiro atoms. The predicted octanol–water partition coefficient (Wildman–Crippen LogP) is 4.23. The van der Waals surface area contributed by atoms with E-state index in [4.69, 9.17) is 9.15 Å². The van der Waals surface area contributed by atoms with Crippen LogP contribution in [0.2, 0.25) is 0 Å². The molecule has 1 aromatic carbocycles. The molecule has 30 heavy (non-hydrogen) atoms. The summed E-state index contributed by atoms with van der Waals surface area (Å²) in [5.74, 6) is 2.91. The van der Waals surface area contributed by atoms with Crippen molar-refractivity contribution in [3.63, 3.8) is 0 Å². The number of hydrogen-bond donors (Lipinski definition) is 2. The Morgan fingerprint density at radius 3 is 2.77 bits per heavy atom. The molecule has 0 aliphatic rings. The number of hydrogen-bond acceptors (Lipinski definition) is 6. The van der Waals surface area contributed by atoms with E-state index in [0.29, 0.717) is 35.2 Å². The molecule has 4 rings (SSSR count). The van der Waals surface area contributed by atoms with Gasteiger partial charge >= 0.3 is 0 Å². The van der Waals surface area contributed by atoms with E-state index in [9.17, 15) is 4.79 Å². The topological polar surface area (TPSA) is 94.2 Å². The molecule has 0 bridgehead atoms. The third-order valence-corrected chi connectivity index (χ3v) is 4.47. The number of benzene rings is 1. The summed E-state index contributed by atoms with van der Waals surface area (Å²) in [4.78, 5) is 17.3. The normalized spacial score (nSPS) is 10.6. The van der Waals surface area contributed by atoms with Crippen molar-refractivity contribution in [3.05, 3.63) is 84.1 Å². The standard InChI is InChI=1S/C22H21N5O3/c1-15-9-10-16(30-15)14-27-20(11-13-24-27)26-22(28)17-6-5-12-23-21(17)25-18-7-3-4-8-19(18)29-2/h3-13H,14H2,1-2H3,(H,23,25)(H,26,28). The molecule has 0 fully saturated rings. The van der Waals surface area contributed by atoms with Gasteiger partial charge in [0.05, 0.1) is 24.6 Å². The smallest absolute Gasteiger partial charge is 0.260 e. The number of ether oxygens (including phenoxy) is 1. The molecule has 0 aliphatic carbocycles. The van der Waals surface area contributed by atoms with Gasteiger partial charge in [-0.15, -0.1) is 0 Å². The largest absolute Gasteiger partial charge is 0.495 e. The van der Waals surface area contributed by atoms with Crippen LogP contribution in [-0.4, -0.2) is 27.8 Å². The van der Waals surface area contributed by atoms with Crippen molar-refractivity contribution in [1.29, 1.82) is 0 Å². The third kappa shape index (κ3) is 4.17. The average Bonchev–Trinajstić information content (AvgIpc) is 3.37. The quantitative estimate of drug-likeness (QED) is 0.480. The van der Waals surface area contributed by atoms with Crippen LogP contribution >= 0.6 is 0 Å². The Morgan fingerprint density at radius 2 is 1.97 bits per heavy atom. The van der Waals surface area contributed by atoms with E-state index in [1.807, 2.05) is 43.3 Å². The van der Waals surface area contributed by atoms with E-state index in [-0.39, 0.29) is 5.91 Å². The van der Waals surface area contributed by atoms with Crippen molar-refractivity contribution in [2.45, 2.75) is 13.5 Å². The molecule has 3 aromatic heterocycles. The zero-order valence-electron chi connectivity index (χ0n) is 16.6. The highest BCUT2D eigenvalue weighted by atomic mass is 16.5. The van der Waals surface area contributed by atoms with Gasteiger partial charge in [0.25, 0.3) is 5.91 Å². The lowest BCUT2D eigenvalue weighted by Crippen LogP contribution is -2.18. The Hall–Kier alpha value is -4.07. The minimum absolute atomic E-state index is 0.308. The zero-order chi connectivity index (χ0) is 20.9. The third-order valence-electron chi connectivity index (χ3n) is 4.47. The van der Waals surface area contributed by atoms with Crippen LogP contribution in [0.5, 0.6) is 5.75 Å². The van der Waals surface area contributed by atoms with Crippen molar-refractivity contribution < 1.29 is 13.9 Å². The van der Waals surface area contributed by atoms with Gasteiger partial charge in [-0.1, -0.05) is 12.1 Å². The Morgan fingerprint density at radius 1 is 1.10 bits per heavy atom. The van der Waals surface area contributed by atoms with Crippen molar-refractivity contribution in [2.24, 2.45) is 0 Å². The van der Waals surface area contributed by atoms with E-state index in [1.165, 1.54) is 0 Å². The molecule has 1 amide bonds. The van der Waals surface area contributed by atoms with Crippen LogP contribution in [0.1, 0.15) is 21.9 Å². The summed E-state index contributed by atoms with van der Waals surface area (Å²) in [5, 5.41) is 10.3. The lowest BCUT2D eigenvalue weighted by molar-refractivity contribution is 0.102. The summed E-state index contributed by atoms with van der Waals surface area (Å²) >= 11 is 0. The lowest BCUT2D eigenvalue weighted by Gasteiger charge is -2.14. The van der Waals surface area contributed by atoms with Gasteiger partial charge in [-0.3, -0.25) is 4.79 Å². The number of para-hydroxylation sites is 2. The van der Waals surface area contributed by atoms with Crippen LogP contribution in [0.4, 0.5) is 17.3 Å². The molecule has 0 atom stereocenters. The fourth-order valence-electron chi connectivity index (χ4n) is 3.03. The molecule has 3 heterocycles. The van der Waals surface area contributed by atoms with Crippen LogP contribution in [0.3, 0.4) is 0 Å². The van der Waals surface area contributed by atoms with Gasteiger partial charge in [-0.25, -0.2) is 9.67 Å². The average molecular weight is 403 g/mol. The molecule has 8 heteroatoms. The number of carbonyl (C=O) groups is 1. The summed E-state index contributed by atoms with van der Waals surface area (Å²) in [5.41, 5.74) is 1.11. The Balaban J connectivity index is 1.55. The fraction of sp³-hybridized carbons (Fsp3) is 0.136. The fourth-order valence-corrected chi connectivity index (χ4v) is 3.03. The second-order valence-electron chi connectivity index (χ2n) is 6.57. The summed E-state index contributed by atoms with van der Waals surface area (Å²) < 4.78 is 12.6. The maximum atomic E-state index is 13.0. The molecule has 0 saturated heterocycles. The zero-order valence-corrected chi connectivity index (χ0v) is 16.6. The predicted molar refractivity (Wildman–Crippen MR) is 113 cm³/mol. The minimum Gasteiger partial charge on any atom is -0.495 e. The van der Waals surface area contributed by atoms with Gasteiger partial charge in [0.1, 0.15) is 35.5 Å². The molecule has 0 aliphatic heterocycles. The molecule has 2 N–H and O–H groups in total. The number of carbonyl (C=O) groups excluding carboxylic acids is 1. The van der Waals surface area contributed by atoms with Crippen molar-refractivity contribution >= 4 is 23.2 Å². The van der Waals surface area contributed by atoms with Gasteiger partial charge in [0.2, 0.25) is 0 Å². The van der Waals surface area contributed by atoms with Crippen LogP contribution in [0, 0.1) is 6.92 Å². The van der Waals surface area contributed by atoms with Gasteiger partial charge < -0.3 is 19.8 Å².